The van der Waals surface area contributed by atoms with Crippen molar-refractivity contribution in [3.8, 4) is 0 Å². The Balaban J connectivity index is 1.92. The third-order valence-corrected chi connectivity index (χ3v) is 3.03. The fourth-order valence-electron chi connectivity index (χ4n) is 1.57. The molecule has 0 radical (unpaired) electrons. The van der Waals surface area contributed by atoms with Gasteiger partial charge in [0.05, 0.1) is 17.3 Å². The molecule has 3 nitrogen and oxygen atoms in total. The van der Waals surface area contributed by atoms with Crippen molar-refractivity contribution in [1.82, 2.24) is 0 Å². The van der Waals surface area contributed by atoms with E-state index in [1.165, 1.54) is 12.1 Å². The van der Waals surface area contributed by atoms with Crippen molar-refractivity contribution < 1.29 is 9.18 Å². The number of anilines is 2. The molecule has 6 heteroatoms. The Morgan fingerprint density at radius 1 is 1.15 bits per heavy atom. The molecule has 0 saturated heterocycles. The maximum atomic E-state index is 13.0. The number of hydrogen-bond acceptors (Lipinski definition) is 2. The molecule has 0 aliphatic heterocycles. The molecule has 0 saturated carbocycles. The average Bonchev–Trinajstić information content (AvgIpc) is 2.40. The van der Waals surface area contributed by atoms with E-state index >= 15 is 0 Å². The summed E-state index contributed by atoms with van der Waals surface area (Å²) < 4.78 is 13.0. The average molecular weight is 313 g/mol. The van der Waals surface area contributed by atoms with Crippen LogP contribution in [0.3, 0.4) is 0 Å². The smallest absolute Gasteiger partial charge is 0.243 e. The topological polar surface area (TPSA) is 41.1 Å². The molecule has 2 aromatic rings. The molecule has 2 rings (SSSR count). The lowest BCUT2D eigenvalue weighted by Crippen LogP contribution is -2.21. The molecule has 2 aromatic carbocycles. The molecular formula is C14H11Cl2FN2O. The second kappa shape index (κ2) is 6.59. The predicted octanol–water partition coefficient (Wildman–Crippen LogP) is 4.18. The minimum Gasteiger partial charge on any atom is -0.376 e. The van der Waals surface area contributed by atoms with Crippen LogP contribution in [0.15, 0.2) is 42.5 Å². The minimum absolute atomic E-state index is 0.00239. The van der Waals surface area contributed by atoms with E-state index in [4.69, 9.17) is 23.2 Å². The van der Waals surface area contributed by atoms with Crippen molar-refractivity contribution in [2.24, 2.45) is 0 Å². The highest BCUT2D eigenvalue weighted by Crippen LogP contribution is 2.25. The minimum atomic E-state index is -0.365. The van der Waals surface area contributed by atoms with E-state index in [1.807, 2.05) is 0 Å². The highest BCUT2D eigenvalue weighted by molar-refractivity contribution is 6.36. The highest BCUT2D eigenvalue weighted by Gasteiger charge is 2.06. The largest absolute Gasteiger partial charge is 0.376 e. The summed E-state index contributed by atoms with van der Waals surface area (Å²) in [7, 11) is 0. The second-order valence-electron chi connectivity index (χ2n) is 4.04. The van der Waals surface area contributed by atoms with Crippen LogP contribution in [0.4, 0.5) is 15.8 Å². The Morgan fingerprint density at radius 2 is 1.95 bits per heavy atom. The number of hydrogen-bond donors (Lipinski definition) is 2. The van der Waals surface area contributed by atoms with Crippen LogP contribution in [-0.4, -0.2) is 12.5 Å². The summed E-state index contributed by atoms with van der Waals surface area (Å²) in [6, 6.07) is 10.7. The van der Waals surface area contributed by atoms with Crippen LogP contribution in [0.25, 0.3) is 0 Å². The summed E-state index contributed by atoms with van der Waals surface area (Å²) in [5.74, 6) is -0.658. The summed E-state index contributed by atoms with van der Waals surface area (Å²) in [6.07, 6.45) is 0. The molecule has 0 heterocycles. The van der Waals surface area contributed by atoms with E-state index in [0.29, 0.717) is 21.4 Å². The predicted molar refractivity (Wildman–Crippen MR) is 80.0 cm³/mol. The zero-order chi connectivity index (χ0) is 14.5. The van der Waals surface area contributed by atoms with Gasteiger partial charge in [0.2, 0.25) is 5.91 Å². The van der Waals surface area contributed by atoms with Crippen molar-refractivity contribution >= 4 is 40.5 Å². The standard InChI is InChI=1S/C14H11Cl2FN2O/c15-9-4-5-13(12(16)6-9)19-14(20)8-18-11-3-1-2-10(17)7-11/h1-7,18H,8H2,(H,19,20). The molecule has 0 unspecified atom stereocenters. The Bertz CT molecular complexity index is 634. The van der Waals surface area contributed by atoms with Gasteiger partial charge in [-0.15, -0.1) is 0 Å². The number of benzene rings is 2. The second-order valence-corrected chi connectivity index (χ2v) is 4.88. The molecule has 20 heavy (non-hydrogen) atoms. The quantitative estimate of drug-likeness (QED) is 0.889. The van der Waals surface area contributed by atoms with E-state index in [9.17, 15) is 9.18 Å². The third kappa shape index (κ3) is 4.11. The monoisotopic (exact) mass is 312 g/mol. The summed E-state index contributed by atoms with van der Waals surface area (Å²) in [5, 5.41) is 6.30. The first-order valence-electron chi connectivity index (χ1n) is 5.79. The Hall–Kier alpha value is -1.78. The fourth-order valence-corrected chi connectivity index (χ4v) is 2.02. The van der Waals surface area contributed by atoms with Gasteiger partial charge in [0, 0.05) is 10.7 Å². The molecule has 0 aliphatic carbocycles. The van der Waals surface area contributed by atoms with Gasteiger partial charge in [0.1, 0.15) is 5.82 Å². The molecule has 0 fully saturated rings. The van der Waals surface area contributed by atoms with Crippen molar-refractivity contribution in [2.75, 3.05) is 17.2 Å². The summed E-state index contributed by atoms with van der Waals surface area (Å²) >= 11 is 11.7. The van der Waals surface area contributed by atoms with Crippen molar-refractivity contribution in [3.05, 3.63) is 58.3 Å². The summed E-state index contributed by atoms with van der Waals surface area (Å²) in [5.41, 5.74) is 1.00. The summed E-state index contributed by atoms with van der Waals surface area (Å²) in [4.78, 5) is 11.7. The number of amides is 1. The van der Waals surface area contributed by atoms with Crippen molar-refractivity contribution in [1.29, 1.82) is 0 Å². The molecule has 0 bridgehead atoms. The zero-order valence-electron chi connectivity index (χ0n) is 10.3. The molecule has 0 aliphatic rings. The van der Waals surface area contributed by atoms with E-state index in [1.54, 1.807) is 30.3 Å². The molecule has 0 spiro atoms. The van der Waals surface area contributed by atoms with E-state index in [2.05, 4.69) is 10.6 Å². The van der Waals surface area contributed by atoms with Crippen molar-refractivity contribution in [2.45, 2.75) is 0 Å². The number of carbonyl (C=O) groups is 1. The van der Waals surface area contributed by atoms with Gasteiger partial charge in [-0.05, 0) is 36.4 Å². The van der Waals surface area contributed by atoms with E-state index < -0.39 is 0 Å². The fraction of sp³-hybridized carbons (Fsp3) is 0.0714. The third-order valence-electron chi connectivity index (χ3n) is 2.48. The van der Waals surface area contributed by atoms with Gasteiger partial charge in [-0.1, -0.05) is 29.3 Å². The van der Waals surface area contributed by atoms with Crippen LogP contribution >= 0.6 is 23.2 Å². The maximum Gasteiger partial charge on any atom is 0.243 e. The molecule has 104 valence electrons. The van der Waals surface area contributed by atoms with Gasteiger partial charge in [-0.2, -0.15) is 0 Å². The molecule has 0 atom stereocenters. The van der Waals surface area contributed by atoms with Crippen LogP contribution in [0.5, 0.6) is 0 Å². The van der Waals surface area contributed by atoms with Gasteiger partial charge in [0.25, 0.3) is 0 Å². The maximum absolute atomic E-state index is 13.0. The van der Waals surface area contributed by atoms with Gasteiger partial charge in [0.15, 0.2) is 0 Å². The Morgan fingerprint density at radius 3 is 2.65 bits per heavy atom. The number of nitrogens with one attached hydrogen (secondary N) is 2. The lowest BCUT2D eigenvalue weighted by molar-refractivity contribution is -0.114. The first-order valence-corrected chi connectivity index (χ1v) is 6.54. The van der Waals surface area contributed by atoms with Gasteiger partial charge < -0.3 is 10.6 Å². The Labute approximate surface area is 125 Å². The molecule has 2 N–H and O–H groups in total. The Kier molecular flexibility index (Phi) is 4.82. The molecular weight excluding hydrogens is 302 g/mol. The first kappa shape index (κ1) is 14.6. The molecule has 1 amide bonds. The van der Waals surface area contributed by atoms with Gasteiger partial charge >= 0.3 is 0 Å². The van der Waals surface area contributed by atoms with Crippen LogP contribution < -0.4 is 10.6 Å². The lowest BCUT2D eigenvalue weighted by atomic mass is 10.3. The molecule has 0 aromatic heterocycles. The summed E-state index contributed by atoms with van der Waals surface area (Å²) in [6.45, 7) is 0.00239. The normalized spacial score (nSPS) is 10.2. The first-order chi connectivity index (χ1) is 9.54. The van der Waals surface area contributed by atoms with Gasteiger partial charge in [-0.3, -0.25) is 4.79 Å². The van der Waals surface area contributed by atoms with E-state index in [-0.39, 0.29) is 18.3 Å². The lowest BCUT2D eigenvalue weighted by Gasteiger charge is -2.09. The van der Waals surface area contributed by atoms with Crippen LogP contribution in [0, 0.1) is 5.82 Å². The number of rotatable bonds is 4. The number of halogens is 3. The zero-order valence-corrected chi connectivity index (χ0v) is 11.8. The SMILES string of the molecule is O=C(CNc1cccc(F)c1)Nc1ccc(Cl)cc1Cl. The van der Waals surface area contributed by atoms with Crippen LogP contribution in [0.1, 0.15) is 0 Å². The van der Waals surface area contributed by atoms with Crippen LogP contribution in [0.2, 0.25) is 10.0 Å². The van der Waals surface area contributed by atoms with Crippen molar-refractivity contribution in [3.63, 3.8) is 0 Å². The van der Waals surface area contributed by atoms with Crippen LogP contribution in [-0.2, 0) is 4.79 Å². The highest BCUT2D eigenvalue weighted by atomic mass is 35.5. The van der Waals surface area contributed by atoms with Gasteiger partial charge in [-0.25, -0.2) is 4.39 Å². The number of carbonyl (C=O) groups excluding carboxylic acids is 1. The van der Waals surface area contributed by atoms with E-state index in [0.717, 1.165) is 0 Å².